The van der Waals surface area contributed by atoms with E-state index in [-0.39, 0.29) is 10.3 Å². The molecule has 2 aromatic carbocycles. The molecule has 0 bridgehead atoms. The van der Waals surface area contributed by atoms with Crippen molar-refractivity contribution in [2.45, 2.75) is 31.1 Å². The van der Waals surface area contributed by atoms with Gasteiger partial charge in [0.1, 0.15) is 0 Å². The molecule has 0 saturated heterocycles. The van der Waals surface area contributed by atoms with Gasteiger partial charge in [0.15, 0.2) is 0 Å². The van der Waals surface area contributed by atoms with Gasteiger partial charge in [-0.25, -0.2) is 4.83 Å². The van der Waals surface area contributed by atoms with Crippen LogP contribution in [0.5, 0.6) is 0 Å². The summed E-state index contributed by atoms with van der Waals surface area (Å²) >= 11 is 5.75. The van der Waals surface area contributed by atoms with E-state index in [2.05, 4.69) is 30.7 Å². The summed E-state index contributed by atoms with van der Waals surface area (Å²) in [4.78, 5) is 2.30. The van der Waals surface area contributed by atoms with Crippen LogP contribution in [0.2, 0.25) is 5.02 Å². The fourth-order valence-electron chi connectivity index (χ4n) is 1.91. The van der Waals surface area contributed by atoms with Crippen molar-refractivity contribution >= 4 is 27.8 Å². The van der Waals surface area contributed by atoms with E-state index in [1.807, 2.05) is 24.3 Å². The lowest BCUT2D eigenvalue weighted by atomic mass is 9.87. The average molecular weight is 351 g/mol. The largest absolute Gasteiger partial charge is 0.276 e. The molecule has 0 unspecified atom stereocenters. The minimum absolute atomic E-state index is 0.0752. The van der Waals surface area contributed by atoms with Crippen LogP contribution >= 0.6 is 11.6 Å². The molecule has 0 aliphatic rings. The molecule has 0 fully saturated rings. The van der Waals surface area contributed by atoms with Gasteiger partial charge >= 0.3 is 0 Å². The van der Waals surface area contributed by atoms with E-state index in [0.717, 1.165) is 5.56 Å². The fourth-order valence-corrected chi connectivity index (χ4v) is 2.82. The second-order valence-electron chi connectivity index (χ2n) is 6.18. The van der Waals surface area contributed by atoms with Crippen molar-refractivity contribution in [2.75, 3.05) is 0 Å². The molecule has 6 heteroatoms. The van der Waals surface area contributed by atoms with Crippen LogP contribution < -0.4 is 4.83 Å². The standard InChI is InChI=1S/C17H19ClN2O2S/c1-17(2,3)14-6-4-13(5-7-14)12-19-20-23(21,22)16-10-8-15(18)9-11-16/h4-12,20H,1-3H3/b19-12+. The number of hydrazone groups is 1. The van der Waals surface area contributed by atoms with E-state index < -0.39 is 10.0 Å². The van der Waals surface area contributed by atoms with Gasteiger partial charge in [-0.2, -0.15) is 13.5 Å². The maximum absolute atomic E-state index is 12.1. The molecule has 0 radical (unpaired) electrons. The molecule has 0 heterocycles. The highest BCUT2D eigenvalue weighted by molar-refractivity contribution is 7.89. The van der Waals surface area contributed by atoms with Crippen molar-refractivity contribution in [3.05, 3.63) is 64.7 Å². The van der Waals surface area contributed by atoms with Gasteiger partial charge in [0.05, 0.1) is 11.1 Å². The van der Waals surface area contributed by atoms with Gasteiger partial charge in [-0.15, -0.1) is 0 Å². The number of nitrogens with one attached hydrogen (secondary N) is 1. The second kappa shape index (κ2) is 6.72. The highest BCUT2D eigenvalue weighted by Crippen LogP contribution is 2.21. The molecule has 23 heavy (non-hydrogen) atoms. The monoisotopic (exact) mass is 350 g/mol. The van der Waals surface area contributed by atoms with Crippen LogP contribution in [0.1, 0.15) is 31.9 Å². The number of rotatable bonds is 4. The zero-order valence-corrected chi connectivity index (χ0v) is 14.8. The summed E-state index contributed by atoms with van der Waals surface area (Å²) in [7, 11) is -3.69. The van der Waals surface area contributed by atoms with Gasteiger partial charge in [0.2, 0.25) is 0 Å². The molecule has 0 aliphatic carbocycles. The SMILES string of the molecule is CC(C)(C)c1ccc(/C=N/NS(=O)(=O)c2ccc(Cl)cc2)cc1. The van der Waals surface area contributed by atoms with Gasteiger partial charge in [-0.3, -0.25) is 0 Å². The summed E-state index contributed by atoms with van der Waals surface area (Å²) in [5, 5.41) is 4.29. The molecule has 2 rings (SSSR count). The summed E-state index contributed by atoms with van der Waals surface area (Å²) in [6, 6.07) is 13.7. The molecular weight excluding hydrogens is 332 g/mol. The van der Waals surface area contributed by atoms with E-state index in [0.29, 0.717) is 5.02 Å². The highest BCUT2D eigenvalue weighted by Gasteiger charge is 2.13. The summed E-state index contributed by atoms with van der Waals surface area (Å²) < 4.78 is 24.1. The van der Waals surface area contributed by atoms with Gasteiger partial charge in [-0.1, -0.05) is 56.6 Å². The Kier molecular flexibility index (Phi) is 5.12. The summed E-state index contributed by atoms with van der Waals surface area (Å²) in [5.74, 6) is 0. The molecular formula is C17H19ClN2O2S. The number of hydrogen-bond donors (Lipinski definition) is 1. The maximum Gasteiger partial charge on any atom is 0.276 e. The normalized spacial score (nSPS) is 12.5. The Morgan fingerprint density at radius 1 is 1.00 bits per heavy atom. The first-order chi connectivity index (χ1) is 10.7. The Balaban J connectivity index is 2.07. The van der Waals surface area contributed by atoms with Crippen LogP contribution in [0.4, 0.5) is 0 Å². The first-order valence-electron chi connectivity index (χ1n) is 7.09. The number of sulfonamides is 1. The van der Waals surface area contributed by atoms with Gasteiger partial charge in [0.25, 0.3) is 10.0 Å². The molecule has 0 saturated carbocycles. The maximum atomic E-state index is 12.1. The molecule has 1 N–H and O–H groups in total. The molecule has 0 amide bonds. The third-order valence-electron chi connectivity index (χ3n) is 3.29. The van der Waals surface area contributed by atoms with Gasteiger partial charge in [-0.05, 0) is 40.8 Å². The number of halogens is 1. The number of hydrogen-bond acceptors (Lipinski definition) is 3. The predicted molar refractivity (Wildman–Crippen MR) is 94.5 cm³/mol. The van der Waals surface area contributed by atoms with Crippen LogP contribution in [0.15, 0.2) is 58.5 Å². The topological polar surface area (TPSA) is 58.5 Å². The van der Waals surface area contributed by atoms with Crippen molar-refractivity contribution in [3.63, 3.8) is 0 Å². The Morgan fingerprint density at radius 2 is 1.57 bits per heavy atom. The van der Waals surface area contributed by atoms with Gasteiger partial charge in [0, 0.05) is 5.02 Å². The lowest BCUT2D eigenvalue weighted by Crippen LogP contribution is -2.18. The lowest BCUT2D eigenvalue weighted by Gasteiger charge is -2.18. The molecule has 0 spiro atoms. The van der Waals surface area contributed by atoms with Crippen molar-refractivity contribution in [3.8, 4) is 0 Å². The van der Waals surface area contributed by atoms with Crippen molar-refractivity contribution in [2.24, 2.45) is 5.10 Å². The molecule has 0 aromatic heterocycles. The van der Waals surface area contributed by atoms with Crippen LogP contribution in [0.3, 0.4) is 0 Å². The summed E-state index contributed by atoms with van der Waals surface area (Å²) in [6.45, 7) is 6.41. The Labute approximate surface area is 142 Å². The molecule has 0 atom stereocenters. The van der Waals surface area contributed by atoms with E-state index in [1.165, 1.54) is 36.0 Å². The summed E-state index contributed by atoms with van der Waals surface area (Å²) in [6.07, 6.45) is 1.47. The van der Waals surface area contributed by atoms with Crippen LogP contribution in [-0.4, -0.2) is 14.6 Å². The van der Waals surface area contributed by atoms with E-state index in [9.17, 15) is 8.42 Å². The van der Waals surface area contributed by atoms with Gasteiger partial charge < -0.3 is 0 Å². The molecule has 122 valence electrons. The molecule has 2 aromatic rings. The third kappa shape index (κ3) is 4.81. The second-order valence-corrected chi connectivity index (χ2v) is 8.28. The Morgan fingerprint density at radius 3 is 2.09 bits per heavy atom. The minimum atomic E-state index is -3.69. The van der Waals surface area contributed by atoms with E-state index in [1.54, 1.807) is 0 Å². The first-order valence-corrected chi connectivity index (χ1v) is 8.95. The van der Waals surface area contributed by atoms with Crippen molar-refractivity contribution in [1.29, 1.82) is 0 Å². The highest BCUT2D eigenvalue weighted by atomic mass is 35.5. The van der Waals surface area contributed by atoms with Crippen LogP contribution in [-0.2, 0) is 15.4 Å². The molecule has 4 nitrogen and oxygen atoms in total. The van der Waals surface area contributed by atoms with Crippen LogP contribution in [0.25, 0.3) is 0 Å². The Hall–Kier alpha value is -1.85. The molecule has 0 aliphatic heterocycles. The third-order valence-corrected chi connectivity index (χ3v) is 4.78. The quantitative estimate of drug-likeness (QED) is 0.670. The average Bonchev–Trinajstić information content (AvgIpc) is 2.47. The smallest absolute Gasteiger partial charge is 0.200 e. The summed E-state index contributed by atoms with van der Waals surface area (Å²) in [5.41, 5.74) is 2.10. The zero-order chi connectivity index (χ0) is 17.1. The first kappa shape index (κ1) is 17.5. The zero-order valence-electron chi connectivity index (χ0n) is 13.2. The van der Waals surface area contributed by atoms with Crippen LogP contribution in [0, 0.1) is 0 Å². The minimum Gasteiger partial charge on any atom is -0.200 e. The number of benzene rings is 2. The van der Waals surface area contributed by atoms with Crippen molar-refractivity contribution in [1.82, 2.24) is 4.83 Å². The Bertz CT molecular complexity index is 790. The van der Waals surface area contributed by atoms with E-state index in [4.69, 9.17) is 11.6 Å². The lowest BCUT2D eigenvalue weighted by molar-refractivity contribution is 0.584. The van der Waals surface area contributed by atoms with Crippen molar-refractivity contribution < 1.29 is 8.42 Å². The predicted octanol–water partition coefficient (Wildman–Crippen LogP) is 3.95. The number of nitrogens with zero attached hydrogens (tertiary/aromatic N) is 1. The fraction of sp³-hybridized carbons (Fsp3) is 0.235. The van der Waals surface area contributed by atoms with E-state index >= 15 is 0 Å².